The second-order valence-electron chi connectivity index (χ2n) is 6.17. The molecule has 1 unspecified atom stereocenters. The molecular formula is C14H22O4. The van der Waals surface area contributed by atoms with E-state index in [9.17, 15) is 9.59 Å². The van der Waals surface area contributed by atoms with Crippen LogP contribution in [0.1, 0.15) is 46.5 Å². The summed E-state index contributed by atoms with van der Waals surface area (Å²) in [5.41, 5.74) is -0.307. The number of Topliss-reactive ketones (excluding diaryl/α,β-unsaturated/α-hetero) is 1. The van der Waals surface area contributed by atoms with Crippen LogP contribution in [0, 0.1) is 11.3 Å². The van der Waals surface area contributed by atoms with Crippen molar-refractivity contribution in [3.05, 3.63) is 0 Å². The molecule has 0 amide bonds. The molecule has 1 saturated carbocycles. The normalized spacial score (nSPS) is 29.5. The summed E-state index contributed by atoms with van der Waals surface area (Å²) in [4.78, 5) is 23.9. The highest BCUT2D eigenvalue weighted by atomic mass is 16.5. The largest absolute Gasteiger partial charge is 0.465 e. The molecule has 1 heterocycles. The van der Waals surface area contributed by atoms with Gasteiger partial charge in [-0.05, 0) is 38.0 Å². The summed E-state index contributed by atoms with van der Waals surface area (Å²) in [5.74, 6) is -1.22. The van der Waals surface area contributed by atoms with Crippen molar-refractivity contribution in [1.29, 1.82) is 0 Å². The fourth-order valence-corrected chi connectivity index (χ4v) is 3.03. The van der Waals surface area contributed by atoms with E-state index >= 15 is 0 Å². The van der Waals surface area contributed by atoms with Crippen molar-refractivity contribution >= 4 is 11.8 Å². The molecule has 0 bridgehead atoms. The van der Waals surface area contributed by atoms with E-state index in [4.69, 9.17) is 9.47 Å². The highest BCUT2D eigenvalue weighted by molar-refractivity contribution is 6.02. The maximum Gasteiger partial charge on any atom is 0.319 e. The molecule has 4 heteroatoms. The van der Waals surface area contributed by atoms with Gasteiger partial charge in [0.25, 0.3) is 0 Å². The molecule has 1 aliphatic heterocycles. The Morgan fingerprint density at radius 2 is 1.94 bits per heavy atom. The fourth-order valence-electron chi connectivity index (χ4n) is 3.03. The van der Waals surface area contributed by atoms with E-state index in [1.165, 1.54) is 0 Å². The molecule has 1 spiro atoms. The van der Waals surface area contributed by atoms with Gasteiger partial charge in [-0.1, -0.05) is 13.8 Å². The van der Waals surface area contributed by atoms with Crippen molar-refractivity contribution in [2.45, 2.75) is 52.1 Å². The van der Waals surface area contributed by atoms with Crippen molar-refractivity contribution in [3.63, 3.8) is 0 Å². The highest BCUT2D eigenvalue weighted by Crippen LogP contribution is 2.48. The van der Waals surface area contributed by atoms with E-state index in [1.807, 2.05) is 0 Å². The quantitative estimate of drug-likeness (QED) is 0.559. The van der Waals surface area contributed by atoms with Gasteiger partial charge in [-0.2, -0.15) is 0 Å². The molecule has 0 radical (unpaired) electrons. The molecule has 2 fully saturated rings. The van der Waals surface area contributed by atoms with Crippen LogP contribution in [0.15, 0.2) is 0 Å². The molecule has 1 atom stereocenters. The summed E-state index contributed by atoms with van der Waals surface area (Å²) in [6, 6.07) is 0. The van der Waals surface area contributed by atoms with Crippen LogP contribution in [0.5, 0.6) is 0 Å². The second-order valence-corrected chi connectivity index (χ2v) is 6.17. The summed E-state index contributed by atoms with van der Waals surface area (Å²) >= 11 is 0. The van der Waals surface area contributed by atoms with Gasteiger partial charge in [0.2, 0.25) is 0 Å². The molecular weight excluding hydrogens is 232 g/mol. The van der Waals surface area contributed by atoms with Crippen molar-refractivity contribution in [2.24, 2.45) is 11.3 Å². The second kappa shape index (κ2) is 4.65. The summed E-state index contributed by atoms with van der Waals surface area (Å²) in [7, 11) is 0. The number of ether oxygens (including phenoxy) is 2. The first-order valence-electron chi connectivity index (χ1n) is 6.73. The van der Waals surface area contributed by atoms with Gasteiger partial charge in [-0.25, -0.2) is 0 Å². The number of hydrogen-bond donors (Lipinski definition) is 0. The monoisotopic (exact) mass is 254 g/mol. The minimum Gasteiger partial charge on any atom is -0.465 e. The van der Waals surface area contributed by atoms with Crippen LogP contribution in [0.25, 0.3) is 0 Å². The molecule has 18 heavy (non-hydrogen) atoms. The Labute approximate surface area is 108 Å². The maximum atomic E-state index is 12.0. The summed E-state index contributed by atoms with van der Waals surface area (Å²) in [5, 5.41) is 0. The first kappa shape index (κ1) is 13.5. The average molecular weight is 254 g/mol. The minimum atomic E-state index is -0.700. The third-order valence-corrected chi connectivity index (χ3v) is 4.32. The predicted molar refractivity (Wildman–Crippen MR) is 66.1 cm³/mol. The maximum absolute atomic E-state index is 12.0. The summed E-state index contributed by atoms with van der Waals surface area (Å²) in [6.07, 6.45) is 3.51. The van der Waals surface area contributed by atoms with Crippen molar-refractivity contribution in [2.75, 3.05) is 13.2 Å². The number of carbonyl (C=O) groups excluding carboxylic acids is 2. The first-order valence-corrected chi connectivity index (χ1v) is 6.73. The van der Waals surface area contributed by atoms with Gasteiger partial charge < -0.3 is 9.47 Å². The Morgan fingerprint density at radius 1 is 1.33 bits per heavy atom. The molecule has 0 aromatic carbocycles. The van der Waals surface area contributed by atoms with Gasteiger partial charge in [0.1, 0.15) is 12.5 Å². The Bertz CT molecular complexity index is 349. The zero-order valence-electron chi connectivity index (χ0n) is 11.5. The van der Waals surface area contributed by atoms with Gasteiger partial charge in [-0.3, -0.25) is 9.59 Å². The Kier molecular flexibility index (Phi) is 3.49. The van der Waals surface area contributed by atoms with E-state index in [1.54, 1.807) is 6.92 Å². The number of hydrogen-bond acceptors (Lipinski definition) is 4. The van der Waals surface area contributed by atoms with Crippen LogP contribution < -0.4 is 0 Å². The van der Waals surface area contributed by atoms with Gasteiger partial charge in [0.05, 0.1) is 12.2 Å². The predicted octanol–water partition coefficient (Wildman–Crippen LogP) is 2.10. The highest BCUT2D eigenvalue weighted by Gasteiger charge is 2.56. The molecule has 102 valence electrons. The Balaban J connectivity index is 2.16. The zero-order valence-corrected chi connectivity index (χ0v) is 11.5. The topological polar surface area (TPSA) is 52.6 Å². The number of carbonyl (C=O) groups is 2. The van der Waals surface area contributed by atoms with E-state index in [2.05, 4.69) is 13.8 Å². The lowest BCUT2D eigenvalue weighted by Gasteiger charge is -2.42. The van der Waals surface area contributed by atoms with Crippen molar-refractivity contribution in [1.82, 2.24) is 0 Å². The van der Waals surface area contributed by atoms with E-state index in [0.717, 1.165) is 25.7 Å². The van der Waals surface area contributed by atoms with Crippen LogP contribution in [-0.4, -0.2) is 30.6 Å². The molecule has 1 aliphatic carbocycles. The summed E-state index contributed by atoms with van der Waals surface area (Å²) in [6.45, 7) is 6.56. The van der Waals surface area contributed by atoms with Gasteiger partial charge in [0, 0.05) is 0 Å². The van der Waals surface area contributed by atoms with Crippen molar-refractivity contribution in [3.8, 4) is 0 Å². The standard InChI is InChI=1S/C14H22O4/c1-4-17-12(16)11-10(15)9-18-14(11)7-5-13(2,3)6-8-14/h11H,4-9H2,1-3H3. The lowest BCUT2D eigenvalue weighted by molar-refractivity contribution is -0.159. The molecule has 0 N–H and O–H groups in total. The average Bonchev–Trinajstić information content (AvgIpc) is 2.62. The van der Waals surface area contributed by atoms with E-state index in [0.29, 0.717) is 6.61 Å². The zero-order chi connectivity index (χ0) is 13.4. The lowest BCUT2D eigenvalue weighted by atomic mass is 9.67. The Morgan fingerprint density at radius 3 is 2.50 bits per heavy atom. The van der Waals surface area contributed by atoms with Crippen LogP contribution in [-0.2, 0) is 19.1 Å². The molecule has 0 aromatic heterocycles. The number of ketones is 1. The molecule has 1 saturated heterocycles. The van der Waals surface area contributed by atoms with Gasteiger partial charge >= 0.3 is 5.97 Å². The van der Waals surface area contributed by atoms with Crippen LogP contribution in [0.3, 0.4) is 0 Å². The summed E-state index contributed by atoms with van der Waals surface area (Å²) < 4.78 is 10.8. The lowest BCUT2D eigenvalue weighted by Crippen LogP contribution is -2.46. The number of esters is 1. The van der Waals surface area contributed by atoms with Crippen LogP contribution >= 0.6 is 0 Å². The fraction of sp³-hybridized carbons (Fsp3) is 0.857. The third kappa shape index (κ3) is 2.30. The van der Waals surface area contributed by atoms with E-state index in [-0.39, 0.29) is 17.8 Å². The smallest absolute Gasteiger partial charge is 0.319 e. The number of rotatable bonds is 2. The van der Waals surface area contributed by atoms with Gasteiger partial charge in [-0.15, -0.1) is 0 Å². The van der Waals surface area contributed by atoms with Gasteiger partial charge in [0.15, 0.2) is 5.78 Å². The Hall–Kier alpha value is -0.900. The molecule has 0 aromatic rings. The van der Waals surface area contributed by atoms with Crippen molar-refractivity contribution < 1.29 is 19.1 Å². The van der Waals surface area contributed by atoms with Crippen LogP contribution in [0.4, 0.5) is 0 Å². The molecule has 2 rings (SSSR count). The minimum absolute atomic E-state index is 0.0594. The van der Waals surface area contributed by atoms with E-state index < -0.39 is 17.5 Å². The SMILES string of the molecule is CCOC(=O)C1C(=O)COC12CCC(C)(C)CC2. The third-order valence-electron chi connectivity index (χ3n) is 4.32. The molecule has 2 aliphatic rings. The first-order chi connectivity index (χ1) is 8.40. The van der Waals surface area contributed by atoms with Crippen LogP contribution in [0.2, 0.25) is 0 Å². The molecule has 4 nitrogen and oxygen atoms in total.